The Hall–Kier alpha value is -0.613. The van der Waals surface area contributed by atoms with E-state index in [1.807, 2.05) is 6.92 Å². The molecular weight excluding hydrogens is 244 g/mol. The zero-order valence-electron chi connectivity index (χ0n) is 12.0. The molecule has 1 atom stereocenters. The Balaban J connectivity index is 2.10. The molecule has 0 spiro atoms. The number of hydrogen-bond donors (Lipinski definition) is 0. The fourth-order valence-electron chi connectivity index (χ4n) is 2.19. The smallest absolute Gasteiger partial charge is 0.333 e. The van der Waals surface area contributed by atoms with E-state index in [2.05, 4.69) is 0 Å². The molecule has 0 radical (unpaired) electrons. The fraction of sp³-hybridized carbons (Fsp3) is 0.786. The van der Waals surface area contributed by atoms with Crippen LogP contribution in [-0.2, 0) is 14.3 Å². The monoisotopic (exact) mass is 270 g/mol. The summed E-state index contributed by atoms with van der Waals surface area (Å²) in [7, 11) is 1.10. The standard InChI is InChI=1S/C14H26O3Si/c1-3-12(2)13(15)16-10-6-4-8-14(18)9-5-7-11-17-14/h3H,4-11H2,1-2,18H3. The molecule has 0 saturated carbocycles. The van der Waals surface area contributed by atoms with E-state index in [9.17, 15) is 4.79 Å². The molecule has 104 valence electrons. The molecule has 0 aromatic heterocycles. The summed E-state index contributed by atoms with van der Waals surface area (Å²) >= 11 is 0. The lowest BCUT2D eigenvalue weighted by molar-refractivity contribution is -0.139. The number of esters is 1. The second-order valence-corrected chi connectivity index (χ2v) is 7.14. The molecule has 1 heterocycles. The van der Waals surface area contributed by atoms with Gasteiger partial charge in [0.1, 0.15) is 0 Å². The number of hydrogen-bond acceptors (Lipinski definition) is 3. The molecular formula is C14H26O3Si. The van der Waals surface area contributed by atoms with E-state index in [-0.39, 0.29) is 11.2 Å². The maximum Gasteiger partial charge on any atom is 0.333 e. The van der Waals surface area contributed by atoms with Gasteiger partial charge in [0.25, 0.3) is 0 Å². The van der Waals surface area contributed by atoms with Crippen LogP contribution in [0.5, 0.6) is 0 Å². The van der Waals surface area contributed by atoms with Crippen molar-refractivity contribution in [2.24, 2.45) is 0 Å². The minimum Gasteiger partial charge on any atom is -0.462 e. The van der Waals surface area contributed by atoms with Gasteiger partial charge in [-0.15, -0.1) is 0 Å². The Kier molecular flexibility index (Phi) is 6.64. The van der Waals surface area contributed by atoms with E-state index < -0.39 is 0 Å². The number of rotatable bonds is 6. The molecule has 0 aromatic rings. The molecule has 1 rings (SSSR count). The van der Waals surface area contributed by atoms with E-state index >= 15 is 0 Å². The van der Waals surface area contributed by atoms with Crippen molar-refractivity contribution >= 4 is 16.2 Å². The summed E-state index contributed by atoms with van der Waals surface area (Å²) in [6.07, 6.45) is 8.67. The van der Waals surface area contributed by atoms with E-state index in [1.54, 1.807) is 13.0 Å². The van der Waals surface area contributed by atoms with Gasteiger partial charge in [0, 0.05) is 27.6 Å². The third-order valence-electron chi connectivity index (χ3n) is 3.64. The number of allylic oxidation sites excluding steroid dienone is 1. The Labute approximate surface area is 113 Å². The summed E-state index contributed by atoms with van der Waals surface area (Å²) in [4.78, 5) is 11.4. The largest absolute Gasteiger partial charge is 0.462 e. The number of carbonyl (C=O) groups excluding carboxylic acids is 1. The summed E-state index contributed by atoms with van der Waals surface area (Å²) in [6.45, 7) is 5.09. The zero-order valence-corrected chi connectivity index (χ0v) is 14.0. The highest BCUT2D eigenvalue weighted by atomic mass is 28.1. The third-order valence-corrected chi connectivity index (χ3v) is 4.93. The van der Waals surface area contributed by atoms with Gasteiger partial charge in [0.15, 0.2) is 0 Å². The second kappa shape index (κ2) is 7.74. The van der Waals surface area contributed by atoms with Gasteiger partial charge in [0.05, 0.1) is 6.61 Å². The van der Waals surface area contributed by atoms with Crippen LogP contribution in [0.15, 0.2) is 11.6 Å². The lowest BCUT2D eigenvalue weighted by Gasteiger charge is -2.34. The van der Waals surface area contributed by atoms with Crippen molar-refractivity contribution in [3.05, 3.63) is 11.6 Å². The van der Waals surface area contributed by atoms with Crippen molar-refractivity contribution in [2.45, 2.75) is 57.6 Å². The summed E-state index contributed by atoms with van der Waals surface area (Å²) in [5, 5.41) is 0.196. The van der Waals surface area contributed by atoms with Crippen LogP contribution in [0.1, 0.15) is 52.4 Å². The quantitative estimate of drug-likeness (QED) is 0.320. The molecule has 1 saturated heterocycles. The van der Waals surface area contributed by atoms with Gasteiger partial charge >= 0.3 is 5.97 Å². The van der Waals surface area contributed by atoms with Crippen molar-refractivity contribution < 1.29 is 14.3 Å². The molecule has 1 aliphatic rings. The number of ether oxygens (including phenoxy) is 2. The van der Waals surface area contributed by atoms with Crippen LogP contribution >= 0.6 is 0 Å². The first-order valence-corrected chi connectivity index (χ1v) is 8.01. The molecule has 0 aliphatic carbocycles. The van der Waals surface area contributed by atoms with Crippen molar-refractivity contribution in [2.75, 3.05) is 13.2 Å². The Bertz CT molecular complexity index is 293. The SMILES string of the molecule is CC=C(C)C(=O)OCCCCC1([SiH3])CCCCO1. The van der Waals surface area contributed by atoms with Gasteiger partial charge in [-0.1, -0.05) is 6.08 Å². The van der Waals surface area contributed by atoms with Crippen LogP contribution in [0, 0.1) is 0 Å². The van der Waals surface area contributed by atoms with Gasteiger partial charge in [-0.3, -0.25) is 0 Å². The lowest BCUT2D eigenvalue weighted by atomic mass is 10.0. The summed E-state index contributed by atoms with van der Waals surface area (Å²) in [5.41, 5.74) is 0.685. The summed E-state index contributed by atoms with van der Waals surface area (Å²) in [5.74, 6) is -0.188. The van der Waals surface area contributed by atoms with Gasteiger partial charge in [-0.2, -0.15) is 0 Å². The fourth-order valence-corrected chi connectivity index (χ4v) is 3.10. The number of carbonyl (C=O) groups is 1. The molecule has 1 fully saturated rings. The second-order valence-electron chi connectivity index (χ2n) is 5.32. The summed E-state index contributed by atoms with van der Waals surface area (Å²) < 4.78 is 11.1. The third kappa shape index (κ3) is 5.36. The highest BCUT2D eigenvalue weighted by molar-refractivity contribution is 6.14. The number of unbranched alkanes of at least 4 members (excludes halogenated alkanes) is 1. The van der Waals surface area contributed by atoms with Crippen molar-refractivity contribution in [1.29, 1.82) is 0 Å². The Morgan fingerprint density at radius 3 is 2.83 bits per heavy atom. The molecule has 4 heteroatoms. The van der Waals surface area contributed by atoms with Crippen LogP contribution in [0.2, 0.25) is 0 Å². The molecule has 1 aliphatic heterocycles. The zero-order chi connectivity index (χ0) is 13.4. The first-order valence-electron chi connectivity index (χ1n) is 7.01. The normalized spacial score (nSPS) is 25.1. The van der Waals surface area contributed by atoms with Crippen LogP contribution in [0.4, 0.5) is 0 Å². The average Bonchev–Trinajstić information content (AvgIpc) is 2.38. The van der Waals surface area contributed by atoms with Gasteiger partial charge < -0.3 is 9.47 Å². The van der Waals surface area contributed by atoms with Gasteiger partial charge in [-0.05, 0) is 52.4 Å². The first kappa shape index (κ1) is 15.4. The predicted molar refractivity (Wildman–Crippen MR) is 76.7 cm³/mol. The van der Waals surface area contributed by atoms with E-state index in [0.717, 1.165) is 36.1 Å². The topological polar surface area (TPSA) is 35.5 Å². The van der Waals surface area contributed by atoms with Crippen LogP contribution in [0.25, 0.3) is 0 Å². The van der Waals surface area contributed by atoms with E-state index in [1.165, 1.54) is 19.3 Å². The minimum absolute atomic E-state index is 0.188. The summed E-state index contributed by atoms with van der Waals surface area (Å²) in [6, 6.07) is 0. The van der Waals surface area contributed by atoms with Crippen LogP contribution < -0.4 is 0 Å². The molecule has 1 unspecified atom stereocenters. The highest BCUT2D eigenvalue weighted by Gasteiger charge is 2.26. The Morgan fingerprint density at radius 2 is 2.22 bits per heavy atom. The van der Waals surface area contributed by atoms with Gasteiger partial charge in [0.2, 0.25) is 0 Å². The van der Waals surface area contributed by atoms with Crippen LogP contribution in [-0.4, -0.2) is 34.6 Å². The maximum absolute atomic E-state index is 11.4. The van der Waals surface area contributed by atoms with E-state index in [0.29, 0.717) is 12.2 Å². The maximum atomic E-state index is 11.4. The lowest BCUT2D eigenvalue weighted by Crippen LogP contribution is -2.36. The Morgan fingerprint density at radius 1 is 1.44 bits per heavy atom. The molecule has 0 N–H and O–H groups in total. The van der Waals surface area contributed by atoms with E-state index in [4.69, 9.17) is 9.47 Å². The molecule has 0 bridgehead atoms. The van der Waals surface area contributed by atoms with Crippen molar-refractivity contribution in [3.8, 4) is 0 Å². The highest BCUT2D eigenvalue weighted by Crippen LogP contribution is 2.26. The van der Waals surface area contributed by atoms with Crippen molar-refractivity contribution in [1.82, 2.24) is 0 Å². The predicted octanol–water partition coefficient (Wildman–Crippen LogP) is 1.93. The average molecular weight is 270 g/mol. The van der Waals surface area contributed by atoms with Gasteiger partial charge in [-0.25, -0.2) is 4.79 Å². The molecule has 3 nitrogen and oxygen atoms in total. The van der Waals surface area contributed by atoms with Crippen molar-refractivity contribution in [3.63, 3.8) is 0 Å². The molecule has 0 aromatic carbocycles. The molecule has 18 heavy (non-hydrogen) atoms. The first-order chi connectivity index (χ1) is 8.57. The molecule has 0 amide bonds. The minimum atomic E-state index is -0.188. The van der Waals surface area contributed by atoms with Crippen LogP contribution in [0.3, 0.4) is 0 Å².